The minimum Gasteiger partial charge on any atom is -0.497 e. The van der Waals surface area contributed by atoms with Crippen LogP contribution in [-0.4, -0.2) is 37.7 Å². The summed E-state index contributed by atoms with van der Waals surface area (Å²) in [5, 5.41) is 0. The van der Waals surface area contributed by atoms with Gasteiger partial charge in [0.25, 0.3) is 0 Å². The van der Waals surface area contributed by atoms with E-state index in [1.54, 1.807) is 7.11 Å². The first-order valence-electron chi connectivity index (χ1n) is 6.94. The van der Waals surface area contributed by atoms with Gasteiger partial charge in [-0.15, -0.1) is 0 Å². The van der Waals surface area contributed by atoms with E-state index >= 15 is 0 Å². The molecule has 0 fully saturated rings. The largest absolute Gasteiger partial charge is 0.497 e. The lowest BCUT2D eigenvalue weighted by atomic mass is 10.1. The average Bonchev–Trinajstić information content (AvgIpc) is 2.48. The predicted octanol–water partition coefficient (Wildman–Crippen LogP) is 2.94. The maximum absolute atomic E-state index is 12.1. The molecule has 0 aromatic heterocycles. The van der Waals surface area contributed by atoms with Crippen LogP contribution in [0.5, 0.6) is 5.75 Å². The summed E-state index contributed by atoms with van der Waals surface area (Å²) in [4.78, 5) is 14.1. The van der Waals surface area contributed by atoms with Crippen molar-refractivity contribution in [1.82, 2.24) is 4.90 Å². The van der Waals surface area contributed by atoms with Gasteiger partial charge in [0.1, 0.15) is 11.4 Å². The first-order chi connectivity index (χ1) is 9.65. The highest BCUT2D eigenvalue weighted by atomic mass is 16.5. The summed E-state index contributed by atoms with van der Waals surface area (Å²) in [5.74, 6) is 0.509. The van der Waals surface area contributed by atoms with Crippen LogP contribution in [0.15, 0.2) is 30.0 Å². The summed E-state index contributed by atoms with van der Waals surface area (Å²) < 4.78 is 10.3. The third-order valence-electron chi connectivity index (χ3n) is 3.01. The molecule has 0 spiro atoms. The summed E-state index contributed by atoms with van der Waals surface area (Å²) >= 11 is 0. The quantitative estimate of drug-likeness (QED) is 0.567. The van der Waals surface area contributed by atoms with Gasteiger partial charge in [0, 0.05) is 13.1 Å². The van der Waals surface area contributed by atoms with Crippen molar-refractivity contribution in [2.24, 2.45) is 0 Å². The highest BCUT2D eigenvalue weighted by molar-refractivity contribution is 5.93. The van der Waals surface area contributed by atoms with Crippen LogP contribution in [0.4, 0.5) is 0 Å². The molecule has 1 rings (SSSR count). The molecule has 0 N–H and O–H groups in total. The Morgan fingerprint density at radius 2 is 1.75 bits per heavy atom. The summed E-state index contributed by atoms with van der Waals surface area (Å²) in [6.07, 6.45) is 1.85. The summed E-state index contributed by atoms with van der Waals surface area (Å²) in [6.45, 7) is 7.75. The van der Waals surface area contributed by atoms with E-state index in [0.29, 0.717) is 12.3 Å². The molecule has 0 aliphatic carbocycles. The Morgan fingerprint density at radius 1 is 1.15 bits per heavy atom. The van der Waals surface area contributed by atoms with Crippen molar-refractivity contribution in [3.8, 4) is 5.75 Å². The van der Waals surface area contributed by atoms with Gasteiger partial charge in [-0.3, -0.25) is 0 Å². The van der Waals surface area contributed by atoms with E-state index in [-0.39, 0.29) is 5.97 Å². The van der Waals surface area contributed by atoms with E-state index in [0.717, 1.165) is 24.4 Å². The molecule has 1 aromatic rings. The molecule has 4 heteroatoms. The number of carbonyl (C=O) groups excluding carboxylic acids is 1. The van der Waals surface area contributed by atoms with Crippen molar-refractivity contribution in [2.45, 2.75) is 20.8 Å². The molecule has 1 aromatic carbocycles. The molecule has 0 heterocycles. The summed E-state index contributed by atoms with van der Waals surface area (Å²) in [6, 6.07) is 7.58. The van der Waals surface area contributed by atoms with Gasteiger partial charge in [0.15, 0.2) is 0 Å². The normalized spacial score (nSPS) is 11.1. The molecule has 0 amide bonds. The van der Waals surface area contributed by atoms with Crippen molar-refractivity contribution in [3.63, 3.8) is 0 Å². The lowest BCUT2D eigenvalue weighted by Crippen LogP contribution is -2.28. The zero-order valence-corrected chi connectivity index (χ0v) is 12.7. The van der Waals surface area contributed by atoms with E-state index in [1.165, 1.54) is 0 Å². The molecule has 110 valence electrons. The molecule has 0 atom stereocenters. The number of benzene rings is 1. The average molecular weight is 277 g/mol. The van der Waals surface area contributed by atoms with Crippen LogP contribution < -0.4 is 4.74 Å². The highest BCUT2D eigenvalue weighted by Gasteiger charge is 2.16. The van der Waals surface area contributed by atoms with Gasteiger partial charge >= 0.3 is 5.97 Å². The van der Waals surface area contributed by atoms with Gasteiger partial charge in [-0.2, -0.15) is 0 Å². The van der Waals surface area contributed by atoms with E-state index in [2.05, 4.69) is 0 Å². The van der Waals surface area contributed by atoms with Crippen molar-refractivity contribution in [2.75, 3.05) is 26.8 Å². The van der Waals surface area contributed by atoms with Crippen molar-refractivity contribution < 1.29 is 14.3 Å². The number of nitrogens with zero attached hydrogens (tertiary/aromatic N) is 1. The predicted molar refractivity (Wildman–Crippen MR) is 80.5 cm³/mol. The van der Waals surface area contributed by atoms with Crippen LogP contribution in [0.2, 0.25) is 0 Å². The Labute approximate surface area is 121 Å². The third kappa shape index (κ3) is 4.30. The summed E-state index contributed by atoms with van der Waals surface area (Å²) in [5.41, 5.74) is 1.53. The molecular weight excluding hydrogens is 254 g/mol. The Hall–Kier alpha value is -1.97. The number of hydrogen-bond acceptors (Lipinski definition) is 4. The van der Waals surface area contributed by atoms with Crippen LogP contribution in [0.3, 0.4) is 0 Å². The SMILES string of the molecule is CCOC(=O)/C(=C\c1ccc(OC)cc1)N(CC)CC. The first kappa shape index (κ1) is 16.1. The topological polar surface area (TPSA) is 38.8 Å². The number of rotatable bonds is 7. The number of ether oxygens (including phenoxy) is 2. The zero-order valence-electron chi connectivity index (χ0n) is 12.7. The lowest BCUT2D eigenvalue weighted by molar-refractivity contribution is -0.140. The molecule has 0 aliphatic heterocycles. The standard InChI is InChI=1S/C16H23NO3/c1-5-17(6-2)15(16(18)20-7-3)12-13-8-10-14(19-4)11-9-13/h8-12H,5-7H2,1-4H3/b15-12+. The molecule has 0 aliphatic rings. The van der Waals surface area contributed by atoms with E-state index in [9.17, 15) is 4.79 Å². The van der Waals surface area contributed by atoms with Crippen LogP contribution in [0.1, 0.15) is 26.3 Å². The maximum Gasteiger partial charge on any atom is 0.354 e. The second kappa shape index (κ2) is 8.25. The molecule has 4 nitrogen and oxygen atoms in total. The van der Waals surface area contributed by atoms with Gasteiger partial charge in [-0.25, -0.2) is 4.79 Å². The van der Waals surface area contributed by atoms with Crippen molar-refractivity contribution in [3.05, 3.63) is 35.5 Å². The Morgan fingerprint density at radius 3 is 2.20 bits per heavy atom. The van der Waals surface area contributed by atoms with Gasteiger partial charge in [-0.05, 0) is 44.5 Å². The summed E-state index contributed by atoms with van der Waals surface area (Å²) in [7, 11) is 1.63. The molecule has 0 unspecified atom stereocenters. The third-order valence-corrected chi connectivity index (χ3v) is 3.01. The number of esters is 1. The molecule has 0 saturated carbocycles. The van der Waals surface area contributed by atoms with Gasteiger partial charge in [0.05, 0.1) is 13.7 Å². The number of likely N-dealkylation sites (N-methyl/N-ethyl adjacent to an activating group) is 1. The van der Waals surface area contributed by atoms with E-state index < -0.39 is 0 Å². The Balaban J connectivity index is 3.06. The Kier molecular flexibility index (Phi) is 6.64. The first-order valence-corrected chi connectivity index (χ1v) is 6.94. The smallest absolute Gasteiger partial charge is 0.354 e. The monoisotopic (exact) mass is 277 g/mol. The Bertz CT molecular complexity index is 447. The van der Waals surface area contributed by atoms with Gasteiger partial charge in [-0.1, -0.05) is 12.1 Å². The van der Waals surface area contributed by atoms with Crippen LogP contribution >= 0.6 is 0 Å². The van der Waals surface area contributed by atoms with Crippen LogP contribution in [0, 0.1) is 0 Å². The fourth-order valence-electron chi connectivity index (χ4n) is 1.91. The molecule has 20 heavy (non-hydrogen) atoms. The molecule has 0 saturated heterocycles. The molecule has 0 bridgehead atoms. The van der Waals surface area contributed by atoms with Crippen LogP contribution in [0.25, 0.3) is 6.08 Å². The zero-order chi connectivity index (χ0) is 15.0. The van der Waals surface area contributed by atoms with E-state index in [4.69, 9.17) is 9.47 Å². The minimum absolute atomic E-state index is 0.285. The maximum atomic E-state index is 12.1. The molecular formula is C16H23NO3. The number of methoxy groups -OCH3 is 1. The van der Waals surface area contributed by atoms with E-state index in [1.807, 2.05) is 56.0 Å². The molecule has 0 radical (unpaired) electrons. The van der Waals surface area contributed by atoms with Crippen molar-refractivity contribution in [1.29, 1.82) is 0 Å². The van der Waals surface area contributed by atoms with Gasteiger partial charge < -0.3 is 14.4 Å². The fourth-order valence-corrected chi connectivity index (χ4v) is 1.91. The fraction of sp³-hybridized carbons (Fsp3) is 0.438. The number of carbonyl (C=O) groups is 1. The minimum atomic E-state index is -0.285. The lowest BCUT2D eigenvalue weighted by Gasteiger charge is -2.23. The van der Waals surface area contributed by atoms with Crippen LogP contribution in [-0.2, 0) is 9.53 Å². The second-order valence-corrected chi connectivity index (χ2v) is 4.20. The highest BCUT2D eigenvalue weighted by Crippen LogP contribution is 2.16. The van der Waals surface area contributed by atoms with Gasteiger partial charge in [0.2, 0.25) is 0 Å². The number of hydrogen-bond donors (Lipinski definition) is 0. The second-order valence-electron chi connectivity index (χ2n) is 4.20. The van der Waals surface area contributed by atoms with Crippen molar-refractivity contribution >= 4 is 12.0 Å².